The maximum atomic E-state index is 12.3. The van der Waals surface area contributed by atoms with Crippen LogP contribution in [0.1, 0.15) is 15.9 Å². The molecule has 0 bridgehead atoms. The van der Waals surface area contributed by atoms with Crippen molar-refractivity contribution in [2.75, 3.05) is 0 Å². The summed E-state index contributed by atoms with van der Waals surface area (Å²) in [6.07, 6.45) is 5.22. The van der Waals surface area contributed by atoms with Crippen molar-refractivity contribution >= 4 is 28.3 Å². The van der Waals surface area contributed by atoms with Crippen LogP contribution >= 0.6 is 11.3 Å². The van der Waals surface area contributed by atoms with Gasteiger partial charge in [0.2, 0.25) is 0 Å². The molecule has 1 amide bonds. The number of hydrogen-bond acceptors (Lipinski definition) is 4. The Kier molecular flexibility index (Phi) is 3.80. The van der Waals surface area contributed by atoms with Crippen molar-refractivity contribution in [2.45, 2.75) is 6.54 Å². The second-order valence-corrected chi connectivity index (χ2v) is 6.19. The van der Waals surface area contributed by atoms with Gasteiger partial charge in [-0.25, -0.2) is 4.98 Å². The molecule has 4 aromatic rings. The Bertz CT molecular complexity index is 991. The molecule has 0 radical (unpaired) electrons. The standard InChI is InChI=1S/C18H14N4OS/c23-18(13-1-2-16-17(6-13)22-11-21-16)20-8-12-5-15(9-19-7-12)14-3-4-24-10-14/h1-7,9-11H,8H2,(H,20,23)(H,21,22). The van der Waals surface area contributed by atoms with Gasteiger partial charge in [-0.2, -0.15) is 11.3 Å². The Labute approximate surface area is 142 Å². The Morgan fingerprint density at radius 3 is 3.00 bits per heavy atom. The Hall–Kier alpha value is -2.99. The zero-order valence-electron chi connectivity index (χ0n) is 12.7. The van der Waals surface area contributed by atoms with E-state index >= 15 is 0 Å². The normalized spacial score (nSPS) is 10.8. The summed E-state index contributed by atoms with van der Waals surface area (Å²) in [5.74, 6) is -0.118. The second kappa shape index (κ2) is 6.25. The lowest BCUT2D eigenvalue weighted by molar-refractivity contribution is 0.0951. The molecular weight excluding hydrogens is 320 g/mol. The summed E-state index contributed by atoms with van der Waals surface area (Å²) in [5, 5.41) is 7.05. The van der Waals surface area contributed by atoms with Crippen LogP contribution in [-0.2, 0) is 6.54 Å². The van der Waals surface area contributed by atoms with E-state index in [4.69, 9.17) is 0 Å². The molecule has 24 heavy (non-hydrogen) atoms. The lowest BCUT2D eigenvalue weighted by atomic mass is 10.1. The highest BCUT2D eigenvalue weighted by Crippen LogP contribution is 2.22. The van der Waals surface area contributed by atoms with E-state index < -0.39 is 0 Å². The first-order chi connectivity index (χ1) is 11.8. The second-order valence-electron chi connectivity index (χ2n) is 5.41. The third-order valence-corrected chi connectivity index (χ3v) is 4.47. The minimum atomic E-state index is -0.118. The number of fused-ring (bicyclic) bond motifs is 1. The van der Waals surface area contributed by atoms with Crippen LogP contribution in [-0.4, -0.2) is 20.9 Å². The first kappa shape index (κ1) is 14.6. The number of nitrogens with one attached hydrogen (secondary N) is 2. The van der Waals surface area contributed by atoms with Gasteiger partial charge in [0.05, 0.1) is 17.4 Å². The summed E-state index contributed by atoms with van der Waals surface area (Å²) in [5.41, 5.74) is 5.47. The maximum Gasteiger partial charge on any atom is 0.251 e. The molecule has 3 heterocycles. The summed E-state index contributed by atoms with van der Waals surface area (Å²) < 4.78 is 0. The van der Waals surface area contributed by atoms with Crippen LogP contribution in [0.2, 0.25) is 0 Å². The van der Waals surface area contributed by atoms with E-state index in [0.717, 1.165) is 27.7 Å². The van der Waals surface area contributed by atoms with Gasteiger partial charge >= 0.3 is 0 Å². The van der Waals surface area contributed by atoms with Gasteiger partial charge < -0.3 is 10.3 Å². The van der Waals surface area contributed by atoms with Gasteiger partial charge in [-0.1, -0.05) is 0 Å². The molecule has 0 unspecified atom stereocenters. The van der Waals surface area contributed by atoms with Crippen molar-refractivity contribution in [2.24, 2.45) is 0 Å². The summed E-state index contributed by atoms with van der Waals surface area (Å²) in [7, 11) is 0. The first-order valence-electron chi connectivity index (χ1n) is 7.47. The van der Waals surface area contributed by atoms with Crippen molar-refractivity contribution in [3.05, 3.63) is 70.9 Å². The molecule has 6 heteroatoms. The minimum Gasteiger partial charge on any atom is -0.348 e. The van der Waals surface area contributed by atoms with Gasteiger partial charge in [-0.15, -0.1) is 0 Å². The largest absolute Gasteiger partial charge is 0.348 e. The fourth-order valence-electron chi connectivity index (χ4n) is 2.53. The van der Waals surface area contributed by atoms with Crippen LogP contribution in [0.3, 0.4) is 0 Å². The molecule has 0 saturated heterocycles. The number of aromatic nitrogens is 3. The van der Waals surface area contributed by atoms with E-state index in [1.807, 2.05) is 23.7 Å². The molecule has 0 fully saturated rings. The van der Waals surface area contributed by atoms with Crippen LogP contribution in [0.5, 0.6) is 0 Å². The highest BCUT2D eigenvalue weighted by atomic mass is 32.1. The SMILES string of the molecule is O=C(NCc1cncc(-c2ccsc2)c1)c1ccc2nc[nH]c2c1. The third kappa shape index (κ3) is 2.91. The number of imidazole rings is 1. The van der Waals surface area contributed by atoms with Gasteiger partial charge in [0.15, 0.2) is 0 Å². The van der Waals surface area contributed by atoms with Gasteiger partial charge in [-0.05, 0) is 52.2 Å². The molecule has 0 atom stereocenters. The molecule has 3 aromatic heterocycles. The van der Waals surface area contributed by atoms with E-state index in [2.05, 4.69) is 31.7 Å². The predicted molar refractivity (Wildman–Crippen MR) is 94.8 cm³/mol. The minimum absolute atomic E-state index is 0.118. The van der Waals surface area contributed by atoms with Gasteiger partial charge in [0, 0.05) is 30.1 Å². The van der Waals surface area contributed by atoms with E-state index in [1.165, 1.54) is 0 Å². The maximum absolute atomic E-state index is 12.3. The summed E-state index contributed by atoms with van der Waals surface area (Å²) in [6, 6.07) is 9.52. The number of hydrogen-bond donors (Lipinski definition) is 2. The number of carbonyl (C=O) groups is 1. The summed E-state index contributed by atoms with van der Waals surface area (Å²) in [6.45, 7) is 0.435. The molecule has 0 aliphatic carbocycles. The first-order valence-corrected chi connectivity index (χ1v) is 8.42. The number of pyridine rings is 1. The number of aromatic amines is 1. The molecule has 2 N–H and O–H groups in total. The van der Waals surface area contributed by atoms with Gasteiger partial charge in [0.25, 0.3) is 5.91 Å². The lowest BCUT2D eigenvalue weighted by Gasteiger charge is -2.07. The monoisotopic (exact) mass is 334 g/mol. The van der Waals surface area contributed by atoms with Crippen molar-refractivity contribution in [1.29, 1.82) is 0 Å². The van der Waals surface area contributed by atoms with Crippen LogP contribution in [0.4, 0.5) is 0 Å². The highest BCUT2D eigenvalue weighted by Gasteiger charge is 2.08. The zero-order valence-corrected chi connectivity index (χ0v) is 13.5. The van der Waals surface area contributed by atoms with Crippen LogP contribution in [0.15, 0.2) is 59.8 Å². The third-order valence-electron chi connectivity index (χ3n) is 3.78. The predicted octanol–water partition coefficient (Wildman–Crippen LogP) is 3.62. The fraction of sp³-hybridized carbons (Fsp3) is 0.0556. The van der Waals surface area contributed by atoms with Gasteiger partial charge in [0.1, 0.15) is 0 Å². The number of carbonyl (C=O) groups excluding carboxylic acids is 1. The number of benzene rings is 1. The summed E-state index contributed by atoms with van der Waals surface area (Å²) >= 11 is 1.65. The number of H-pyrrole nitrogens is 1. The molecule has 0 aliphatic heterocycles. The average molecular weight is 334 g/mol. The molecule has 0 saturated carbocycles. The lowest BCUT2D eigenvalue weighted by Crippen LogP contribution is -2.22. The molecule has 118 valence electrons. The van der Waals surface area contributed by atoms with E-state index in [1.54, 1.807) is 36.0 Å². The topological polar surface area (TPSA) is 70.7 Å². The molecule has 5 nitrogen and oxygen atoms in total. The van der Waals surface area contributed by atoms with E-state index in [9.17, 15) is 4.79 Å². The van der Waals surface area contributed by atoms with Crippen LogP contribution in [0.25, 0.3) is 22.2 Å². The average Bonchev–Trinajstić information content (AvgIpc) is 3.30. The smallest absolute Gasteiger partial charge is 0.251 e. The van der Waals surface area contributed by atoms with Crippen molar-refractivity contribution in [3.63, 3.8) is 0 Å². The highest BCUT2D eigenvalue weighted by molar-refractivity contribution is 7.08. The summed E-state index contributed by atoms with van der Waals surface area (Å²) in [4.78, 5) is 23.8. The Balaban J connectivity index is 1.48. The molecule has 0 spiro atoms. The molecular formula is C18H14N4OS. The van der Waals surface area contributed by atoms with Crippen molar-refractivity contribution in [3.8, 4) is 11.1 Å². The van der Waals surface area contributed by atoms with Crippen LogP contribution < -0.4 is 5.32 Å². The van der Waals surface area contributed by atoms with Crippen molar-refractivity contribution < 1.29 is 4.79 Å². The molecule has 0 aliphatic rings. The number of nitrogens with zero attached hydrogens (tertiary/aromatic N) is 2. The van der Waals surface area contributed by atoms with Gasteiger partial charge in [-0.3, -0.25) is 9.78 Å². The van der Waals surface area contributed by atoms with E-state index in [-0.39, 0.29) is 5.91 Å². The molecule has 4 rings (SSSR count). The number of amides is 1. The van der Waals surface area contributed by atoms with Crippen molar-refractivity contribution in [1.82, 2.24) is 20.3 Å². The number of rotatable bonds is 4. The quantitative estimate of drug-likeness (QED) is 0.599. The zero-order chi connectivity index (χ0) is 16.4. The molecule has 1 aromatic carbocycles. The van der Waals surface area contributed by atoms with Crippen LogP contribution in [0, 0.1) is 0 Å². The Morgan fingerprint density at radius 1 is 1.17 bits per heavy atom. The van der Waals surface area contributed by atoms with E-state index in [0.29, 0.717) is 12.1 Å². The number of thiophene rings is 1. The fourth-order valence-corrected chi connectivity index (χ4v) is 3.20. The Morgan fingerprint density at radius 2 is 2.12 bits per heavy atom.